The van der Waals surface area contributed by atoms with Gasteiger partial charge in [-0.2, -0.15) is 26.3 Å². The third-order valence-corrected chi connectivity index (χ3v) is 3.53. The first-order chi connectivity index (χ1) is 10.9. The van der Waals surface area contributed by atoms with Crippen LogP contribution in [0.25, 0.3) is 0 Å². The Hall–Kier alpha value is -1.64. The highest BCUT2D eigenvalue weighted by Crippen LogP contribution is 2.37. The van der Waals surface area contributed by atoms with Crippen LogP contribution in [0.1, 0.15) is 37.8 Å². The molecule has 0 heterocycles. The lowest BCUT2D eigenvalue weighted by Gasteiger charge is -2.14. The van der Waals surface area contributed by atoms with Crippen LogP contribution in [0.2, 0.25) is 0 Å². The minimum Gasteiger partial charge on any atom is -0.346 e. The summed E-state index contributed by atoms with van der Waals surface area (Å²) >= 11 is 4.21. The molecule has 0 aliphatic heterocycles. The summed E-state index contributed by atoms with van der Waals surface area (Å²) < 4.78 is 76.4. The molecular weight excluding hydrogens is 354 g/mol. The minimum atomic E-state index is -4.88. The molecule has 1 aromatic carbocycles. The zero-order chi connectivity index (χ0) is 18.5. The van der Waals surface area contributed by atoms with Gasteiger partial charge in [-0.3, -0.25) is 0 Å². The summed E-state index contributed by atoms with van der Waals surface area (Å²) in [5.41, 5.74) is -2.61. The summed E-state index contributed by atoms with van der Waals surface area (Å²) in [7, 11) is 0. The molecule has 1 N–H and O–H groups in total. The molecule has 0 aromatic heterocycles. The molecule has 0 radical (unpaired) electrons. The topological polar surface area (TPSA) is 24.4 Å². The molecule has 134 valence electrons. The Morgan fingerprint density at radius 1 is 1.08 bits per heavy atom. The first-order valence-corrected chi connectivity index (χ1v) is 7.37. The predicted octanol–water partition coefficient (Wildman–Crippen LogP) is 6.13. The maximum atomic E-state index is 12.7. The van der Waals surface area contributed by atoms with Crippen molar-refractivity contribution in [2.75, 3.05) is 5.32 Å². The van der Waals surface area contributed by atoms with Crippen LogP contribution in [-0.4, -0.2) is 6.34 Å². The van der Waals surface area contributed by atoms with Crippen molar-refractivity contribution in [2.24, 2.45) is 4.99 Å². The fourth-order valence-electron chi connectivity index (χ4n) is 1.73. The smallest absolute Gasteiger partial charge is 0.346 e. The molecule has 0 saturated heterocycles. The molecule has 24 heavy (non-hydrogen) atoms. The van der Waals surface area contributed by atoms with E-state index in [9.17, 15) is 26.3 Å². The third-order valence-electron chi connectivity index (χ3n) is 2.98. The van der Waals surface area contributed by atoms with Crippen molar-refractivity contribution in [2.45, 2.75) is 39.0 Å². The summed E-state index contributed by atoms with van der Waals surface area (Å²) in [4.78, 5) is 4.62. The number of hydrogen-bond donors (Lipinski definition) is 2. The molecule has 0 saturated carbocycles. The number of allylic oxidation sites excluding steroid dienone is 2. The molecule has 0 fully saturated rings. The molecule has 0 aliphatic rings. The molecule has 0 amide bonds. The van der Waals surface area contributed by atoms with E-state index in [1.54, 1.807) is 6.92 Å². The van der Waals surface area contributed by atoms with Gasteiger partial charge in [0.25, 0.3) is 0 Å². The highest BCUT2D eigenvalue weighted by Gasteiger charge is 2.36. The van der Waals surface area contributed by atoms with Gasteiger partial charge in [-0.1, -0.05) is 13.3 Å². The summed E-state index contributed by atoms with van der Waals surface area (Å²) in [6.07, 6.45) is -7.22. The maximum absolute atomic E-state index is 12.7. The average molecular weight is 370 g/mol. The second kappa shape index (κ2) is 7.96. The van der Waals surface area contributed by atoms with Crippen molar-refractivity contribution in [3.05, 3.63) is 39.9 Å². The molecule has 0 bridgehead atoms. The van der Waals surface area contributed by atoms with Crippen LogP contribution < -0.4 is 5.32 Å². The Kier molecular flexibility index (Phi) is 6.76. The van der Waals surface area contributed by atoms with Gasteiger partial charge >= 0.3 is 12.4 Å². The number of benzene rings is 1. The van der Waals surface area contributed by atoms with Crippen LogP contribution in [0.3, 0.4) is 0 Å². The molecule has 1 rings (SSSR count). The van der Waals surface area contributed by atoms with Gasteiger partial charge in [-0.15, -0.1) is 12.6 Å². The number of nitrogens with zero attached hydrogens (tertiary/aromatic N) is 1. The molecular formula is C15H16F6N2S. The van der Waals surface area contributed by atoms with Gasteiger partial charge in [0.1, 0.15) is 0 Å². The van der Waals surface area contributed by atoms with E-state index in [1.807, 2.05) is 6.92 Å². The zero-order valence-corrected chi connectivity index (χ0v) is 13.8. The monoisotopic (exact) mass is 370 g/mol. The Balaban J connectivity index is 3.10. The summed E-state index contributed by atoms with van der Waals surface area (Å²) in [6, 6.07) is 1.25. The molecule has 0 atom stereocenters. The van der Waals surface area contributed by atoms with E-state index >= 15 is 0 Å². The predicted molar refractivity (Wildman–Crippen MR) is 85.2 cm³/mol. The Labute approximate surface area is 141 Å². The number of anilines is 1. The van der Waals surface area contributed by atoms with E-state index in [2.05, 4.69) is 22.9 Å². The Bertz CT molecular complexity index is 600. The van der Waals surface area contributed by atoms with Crippen molar-refractivity contribution >= 4 is 24.7 Å². The lowest BCUT2D eigenvalue weighted by Crippen LogP contribution is -2.12. The molecule has 9 heteroatoms. The van der Waals surface area contributed by atoms with Crippen molar-refractivity contribution in [3.8, 4) is 0 Å². The summed E-state index contributed by atoms with van der Waals surface area (Å²) in [5.74, 6) is 0. The standard InChI is InChI=1S/C15H16F6N2S/c1-3-4-13(24)9(2)22-8-23-12-6-10(14(16,17)18)5-11(7-12)15(19,20)21/h5-8,24H,3-4H2,1-2H3,(H,22,23)/b13-9-. The zero-order valence-electron chi connectivity index (χ0n) is 12.9. The van der Waals surface area contributed by atoms with Crippen LogP contribution in [-0.2, 0) is 12.4 Å². The first kappa shape index (κ1) is 20.4. The van der Waals surface area contributed by atoms with E-state index in [-0.39, 0.29) is 11.8 Å². The van der Waals surface area contributed by atoms with Gasteiger partial charge < -0.3 is 5.32 Å². The van der Waals surface area contributed by atoms with Gasteiger partial charge in [-0.25, -0.2) is 4.99 Å². The third kappa shape index (κ3) is 6.10. The number of thiol groups is 1. The number of rotatable bonds is 5. The lowest BCUT2D eigenvalue weighted by molar-refractivity contribution is -0.143. The van der Waals surface area contributed by atoms with Gasteiger partial charge in [0.05, 0.1) is 17.5 Å². The number of halogens is 6. The molecule has 0 aliphatic carbocycles. The fourth-order valence-corrected chi connectivity index (χ4v) is 2.02. The van der Waals surface area contributed by atoms with Gasteiger partial charge in [-0.05, 0) is 31.5 Å². The first-order valence-electron chi connectivity index (χ1n) is 6.92. The number of hydrogen-bond acceptors (Lipinski definition) is 2. The van der Waals surface area contributed by atoms with Crippen molar-refractivity contribution in [1.29, 1.82) is 0 Å². The summed E-state index contributed by atoms with van der Waals surface area (Å²) in [5, 5.41) is 2.34. The molecule has 1 aromatic rings. The number of aliphatic imine (C=N–C) groups is 1. The Morgan fingerprint density at radius 3 is 2.00 bits per heavy atom. The van der Waals surface area contributed by atoms with Crippen LogP contribution in [0.5, 0.6) is 0 Å². The van der Waals surface area contributed by atoms with Gasteiger partial charge in [0.15, 0.2) is 0 Å². The lowest BCUT2D eigenvalue weighted by atomic mass is 10.1. The SMILES string of the molecule is CCC/C(S)=C(\C)N=CNc1cc(C(F)(F)F)cc(C(F)(F)F)c1. The fraction of sp³-hybridized carbons (Fsp3) is 0.400. The van der Waals surface area contributed by atoms with Crippen LogP contribution in [0, 0.1) is 0 Å². The largest absolute Gasteiger partial charge is 0.416 e. The number of alkyl halides is 6. The molecule has 2 nitrogen and oxygen atoms in total. The van der Waals surface area contributed by atoms with Gasteiger partial charge in [0.2, 0.25) is 0 Å². The summed E-state index contributed by atoms with van der Waals surface area (Å²) in [6.45, 7) is 3.58. The van der Waals surface area contributed by atoms with E-state index in [1.165, 1.54) is 0 Å². The highest BCUT2D eigenvalue weighted by atomic mass is 32.1. The van der Waals surface area contributed by atoms with Crippen LogP contribution >= 0.6 is 12.6 Å². The van der Waals surface area contributed by atoms with Crippen LogP contribution in [0.4, 0.5) is 32.0 Å². The quantitative estimate of drug-likeness (QED) is 0.277. The Morgan fingerprint density at radius 2 is 1.58 bits per heavy atom. The van der Waals surface area contributed by atoms with E-state index in [0.29, 0.717) is 29.2 Å². The van der Waals surface area contributed by atoms with Crippen molar-refractivity contribution in [3.63, 3.8) is 0 Å². The minimum absolute atomic E-state index is 0.0700. The number of nitrogens with one attached hydrogen (secondary N) is 1. The molecule has 0 unspecified atom stereocenters. The normalized spacial score (nSPS) is 14.0. The maximum Gasteiger partial charge on any atom is 0.416 e. The van der Waals surface area contributed by atoms with E-state index in [0.717, 1.165) is 12.8 Å². The van der Waals surface area contributed by atoms with Crippen molar-refractivity contribution < 1.29 is 26.3 Å². The molecule has 0 spiro atoms. The average Bonchev–Trinajstić information content (AvgIpc) is 2.45. The second-order valence-corrected chi connectivity index (χ2v) is 5.52. The second-order valence-electron chi connectivity index (χ2n) is 4.98. The van der Waals surface area contributed by atoms with Crippen LogP contribution in [0.15, 0.2) is 33.8 Å². The van der Waals surface area contributed by atoms with E-state index in [4.69, 9.17) is 0 Å². The van der Waals surface area contributed by atoms with E-state index < -0.39 is 23.5 Å². The van der Waals surface area contributed by atoms with Crippen molar-refractivity contribution in [1.82, 2.24) is 0 Å². The highest BCUT2D eigenvalue weighted by molar-refractivity contribution is 7.84. The van der Waals surface area contributed by atoms with Gasteiger partial charge in [0, 0.05) is 16.3 Å².